The molecule has 0 aliphatic heterocycles. The molecule has 1 unspecified atom stereocenters. The van der Waals surface area contributed by atoms with Crippen LogP contribution in [-0.2, 0) is 5.41 Å². The van der Waals surface area contributed by atoms with E-state index >= 15 is 0 Å². The Bertz CT molecular complexity index is 3420. The molecule has 2 aromatic heterocycles. The van der Waals surface area contributed by atoms with Gasteiger partial charge in [-0.25, -0.2) is 9.97 Å². The fourth-order valence-electron chi connectivity index (χ4n) is 10.7. The first-order valence-corrected chi connectivity index (χ1v) is 21.7. The molecule has 63 heavy (non-hydrogen) atoms. The average Bonchev–Trinajstić information content (AvgIpc) is 3.81. The summed E-state index contributed by atoms with van der Waals surface area (Å²) in [6.45, 7) is 4.25. The predicted molar refractivity (Wildman–Crippen MR) is 258 cm³/mol. The van der Waals surface area contributed by atoms with Crippen LogP contribution in [0.15, 0.2) is 213 Å². The monoisotopic (exact) mass is 803 g/mol. The number of aromatic nitrogens is 3. The summed E-state index contributed by atoms with van der Waals surface area (Å²) in [7, 11) is 0. The summed E-state index contributed by atoms with van der Waals surface area (Å²) in [6, 6.07) is 72.7. The van der Waals surface area contributed by atoms with Gasteiger partial charge in [0.1, 0.15) is 0 Å². The molecule has 0 bridgehead atoms. The smallest absolute Gasteiger partial charge is 0.160 e. The van der Waals surface area contributed by atoms with Crippen molar-refractivity contribution < 1.29 is 0 Å². The molecule has 296 valence electrons. The molecular weight excluding hydrogens is 763 g/mol. The molecule has 1 spiro atoms. The van der Waals surface area contributed by atoms with Crippen molar-refractivity contribution in [2.45, 2.75) is 19.3 Å². The first kappa shape index (κ1) is 36.8. The molecule has 12 rings (SSSR count). The zero-order valence-electron chi connectivity index (χ0n) is 35.0. The Hall–Kier alpha value is -8.01. The second-order valence-corrected chi connectivity index (χ2v) is 16.8. The van der Waals surface area contributed by atoms with Crippen molar-refractivity contribution >= 4 is 0 Å². The van der Waals surface area contributed by atoms with Gasteiger partial charge < -0.3 is 0 Å². The molecule has 0 saturated carbocycles. The lowest BCUT2D eigenvalue weighted by Crippen LogP contribution is -2.26. The second-order valence-electron chi connectivity index (χ2n) is 16.8. The van der Waals surface area contributed by atoms with E-state index < -0.39 is 5.41 Å². The largest absolute Gasteiger partial charge is 0.264 e. The van der Waals surface area contributed by atoms with Crippen molar-refractivity contribution in [1.82, 2.24) is 15.0 Å². The van der Waals surface area contributed by atoms with Crippen LogP contribution >= 0.6 is 0 Å². The van der Waals surface area contributed by atoms with E-state index in [0.717, 1.165) is 56.2 Å². The summed E-state index contributed by atoms with van der Waals surface area (Å²) >= 11 is 0. The third kappa shape index (κ3) is 5.63. The Labute approximate surface area is 368 Å². The number of hydrogen-bond donors (Lipinski definition) is 0. The van der Waals surface area contributed by atoms with Gasteiger partial charge in [-0.3, -0.25) is 4.98 Å². The molecule has 3 nitrogen and oxygen atoms in total. The van der Waals surface area contributed by atoms with Crippen molar-refractivity contribution in [2.24, 2.45) is 0 Å². The van der Waals surface area contributed by atoms with Gasteiger partial charge in [0.25, 0.3) is 0 Å². The maximum absolute atomic E-state index is 5.35. The molecule has 8 aromatic carbocycles. The van der Waals surface area contributed by atoms with E-state index in [1.54, 1.807) is 0 Å². The first-order valence-electron chi connectivity index (χ1n) is 21.7. The average molecular weight is 804 g/mol. The lowest BCUT2D eigenvalue weighted by atomic mass is 9.70. The van der Waals surface area contributed by atoms with Crippen LogP contribution in [0, 0.1) is 13.8 Å². The summed E-state index contributed by atoms with van der Waals surface area (Å²) in [5, 5.41) is 0. The molecule has 0 N–H and O–H groups in total. The van der Waals surface area contributed by atoms with Crippen molar-refractivity contribution in [3.8, 4) is 89.4 Å². The Morgan fingerprint density at radius 3 is 1.63 bits per heavy atom. The lowest BCUT2D eigenvalue weighted by molar-refractivity contribution is 0.794. The van der Waals surface area contributed by atoms with E-state index in [4.69, 9.17) is 9.97 Å². The normalized spacial score (nSPS) is 14.3. The van der Waals surface area contributed by atoms with Crippen molar-refractivity contribution in [2.75, 3.05) is 0 Å². The molecule has 1 atom stereocenters. The Morgan fingerprint density at radius 1 is 0.333 bits per heavy atom. The topological polar surface area (TPSA) is 38.7 Å². The van der Waals surface area contributed by atoms with Crippen molar-refractivity contribution in [3.05, 3.63) is 246 Å². The van der Waals surface area contributed by atoms with E-state index in [2.05, 4.69) is 219 Å². The summed E-state index contributed by atoms with van der Waals surface area (Å²) in [5.41, 5.74) is 24.1. The number of benzene rings is 8. The van der Waals surface area contributed by atoms with Gasteiger partial charge in [0, 0.05) is 34.8 Å². The molecule has 2 heterocycles. The van der Waals surface area contributed by atoms with Crippen LogP contribution in [0.1, 0.15) is 33.5 Å². The number of nitrogens with zero attached hydrogens (tertiary/aromatic N) is 3. The zero-order valence-corrected chi connectivity index (χ0v) is 35.0. The number of fused-ring (bicyclic) bond motifs is 10. The molecule has 0 amide bonds. The maximum atomic E-state index is 5.35. The summed E-state index contributed by atoms with van der Waals surface area (Å²) < 4.78 is 0. The van der Waals surface area contributed by atoms with Gasteiger partial charge in [0.15, 0.2) is 5.82 Å². The quantitative estimate of drug-likeness (QED) is 0.168. The van der Waals surface area contributed by atoms with E-state index in [0.29, 0.717) is 0 Å². The van der Waals surface area contributed by atoms with Crippen LogP contribution < -0.4 is 0 Å². The molecular formula is C60H41N3. The molecule has 3 heteroatoms. The van der Waals surface area contributed by atoms with Gasteiger partial charge in [-0.05, 0) is 115 Å². The zero-order chi connectivity index (χ0) is 42.1. The van der Waals surface area contributed by atoms with Crippen molar-refractivity contribution in [3.63, 3.8) is 0 Å². The van der Waals surface area contributed by atoms with Gasteiger partial charge in [-0.15, -0.1) is 0 Å². The fraction of sp³-hybridized carbons (Fsp3) is 0.0500. The molecule has 0 fully saturated rings. The van der Waals surface area contributed by atoms with Gasteiger partial charge in [0.2, 0.25) is 0 Å². The minimum atomic E-state index is -0.562. The highest BCUT2D eigenvalue weighted by atomic mass is 14.9. The van der Waals surface area contributed by atoms with Gasteiger partial charge in [0.05, 0.1) is 11.1 Å². The Morgan fingerprint density at radius 2 is 0.889 bits per heavy atom. The van der Waals surface area contributed by atoms with Gasteiger partial charge in [-0.1, -0.05) is 188 Å². The van der Waals surface area contributed by atoms with Crippen LogP contribution in [0.2, 0.25) is 0 Å². The van der Waals surface area contributed by atoms with Crippen LogP contribution in [0.25, 0.3) is 89.4 Å². The minimum Gasteiger partial charge on any atom is -0.264 e. The minimum absolute atomic E-state index is 0.562. The Kier molecular flexibility index (Phi) is 8.52. The van der Waals surface area contributed by atoms with E-state index in [1.807, 2.05) is 12.4 Å². The highest BCUT2D eigenvalue weighted by molar-refractivity contribution is 6.03. The number of pyridine rings is 1. The predicted octanol–water partition coefficient (Wildman–Crippen LogP) is 14.8. The number of aryl methyl sites for hydroxylation is 2. The molecule has 2 aliphatic rings. The Balaban J connectivity index is 1.08. The summed E-state index contributed by atoms with van der Waals surface area (Å²) in [5.74, 6) is 0.720. The highest BCUT2D eigenvalue weighted by Gasteiger charge is 2.52. The number of rotatable bonds is 6. The van der Waals surface area contributed by atoms with Gasteiger partial charge >= 0.3 is 0 Å². The van der Waals surface area contributed by atoms with E-state index in [9.17, 15) is 0 Å². The van der Waals surface area contributed by atoms with Crippen LogP contribution in [0.5, 0.6) is 0 Å². The summed E-state index contributed by atoms with van der Waals surface area (Å²) in [6.07, 6.45) is 4.01. The van der Waals surface area contributed by atoms with Crippen LogP contribution in [-0.4, -0.2) is 15.0 Å². The number of hydrogen-bond acceptors (Lipinski definition) is 3. The summed E-state index contributed by atoms with van der Waals surface area (Å²) in [4.78, 5) is 15.2. The highest BCUT2D eigenvalue weighted by Crippen LogP contribution is 2.64. The van der Waals surface area contributed by atoms with Gasteiger partial charge in [-0.2, -0.15) is 0 Å². The standard InChI is InChI=1S/C60H41N3/c1-38-36-61-37-51(41-20-7-4-8-21-41)57(38)48-26-12-10-23-44(48)49-28-17-31-54-58(49)50-27-14-16-30-53(50)60(54)52-29-15-13-24-45(52)46-33-32-42(35-55(46)60)59-62-39(2)34-56(63-59)47-25-11-9-22-43(47)40-18-5-3-6-19-40/h3-37H,1-2H3. The van der Waals surface area contributed by atoms with E-state index in [1.165, 1.54) is 66.8 Å². The van der Waals surface area contributed by atoms with E-state index in [-0.39, 0.29) is 0 Å². The molecule has 10 aromatic rings. The second kappa shape index (κ2) is 14.6. The van der Waals surface area contributed by atoms with Crippen LogP contribution in [0.3, 0.4) is 0 Å². The third-order valence-electron chi connectivity index (χ3n) is 13.2. The maximum Gasteiger partial charge on any atom is 0.160 e. The molecule has 0 saturated heterocycles. The first-order chi connectivity index (χ1) is 31.1. The third-order valence-corrected chi connectivity index (χ3v) is 13.2. The molecule has 0 radical (unpaired) electrons. The van der Waals surface area contributed by atoms with Crippen LogP contribution in [0.4, 0.5) is 0 Å². The van der Waals surface area contributed by atoms with Crippen molar-refractivity contribution in [1.29, 1.82) is 0 Å². The lowest BCUT2D eigenvalue weighted by Gasteiger charge is -2.31. The molecule has 2 aliphatic carbocycles. The fourth-order valence-corrected chi connectivity index (χ4v) is 10.7. The SMILES string of the molecule is Cc1cc(-c2ccccc2-c2ccccc2)nc(-c2ccc3c(c2)C2(c4ccccc4-3)c3ccccc3-c3c(-c4ccccc4-c4c(C)cncc4-c4ccccc4)cccc32)n1.